The van der Waals surface area contributed by atoms with Crippen molar-refractivity contribution in [3.63, 3.8) is 0 Å². The molecule has 0 spiro atoms. The Balaban J connectivity index is 1.34. The normalized spacial score (nSPS) is 23.6. The monoisotopic (exact) mass is 394 g/mol. The Morgan fingerprint density at radius 2 is 1.74 bits per heavy atom. The SMILES string of the molecule is O=C(C[NH+]1CC[NH+](Cc2cccc(Cl)c2)CC1)NC(=O)NC1CCCCC1. The predicted molar refractivity (Wildman–Crippen MR) is 105 cm³/mol. The van der Waals surface area contributed by atoms with Crippen molar-refractivity contribution in [1.29, 1.82) is 0 Å². The van der Waals surface area contributed by atoms with Gasteiger partial charge in [0.05, 0.1) is 0 Å². The molecule has 1 aromatic rings. The maximum atomic E-state index is 12.2. The molecule has 3 rings (SSSR count). The fourth-order valence-corrected chi connectivity index (χ4v) is 4.33. The van der Waals surface area contributed by atoms with Crippen LogP contribution in [0.5, 0.6) is 0 Å². The van der Waals surface area contributed by atoms with E-state index in [-0.39, 0.29) is 18.0 Å². The van der Waals surface area contributed by atoms with Gasteiger partial charge in [0, 0.05) is 16.6 Å². The van der Waals surface area contributed by atoms with E-state index in [1.165, 1.54) is 21.8 Å². The molecule has 1 heterocycles. The smallest absolute Gasteiger partial charge is 0.321 e. The molecule has 0 bridgehead atoms. The number of hydrogen-bond acceptors (Lipinski definition) is 2. The van der Waals surface area contributed by atoms with Gasteiger partial charge < -0.3 is 15.1 Å². The van der Waals surface area contributed by atoms with E-state index in [0.29, 0.717) is 6.54 Å². The van der Waals surface area contributed by atoms with Crippen molar-refractivity contribution < 1.29 is 19.4 Å². The molecule has 0 radical (unpaired) electrons. The predicted octanol–water partition coefficient (Wildman–Crippen LogP) is -0.218. The fraction of sp³-hybridized carbons (Fsp3) is 0.600. The molecule has 27 heavy (non-hydrogen) atoms. The fourth-order valence-electron chi connectivity index (χ4n) is 4.11. The third-order valence-corrected chi connectivity index (χ3v) is 5.85. The van der Waals surface area contributed by atoms with Gasteiger partial charge in [-0.1, -0.05) is 43.0 Å². The zero-order chi connectivity index (χ0) is 19.1. The van der Waals surface area contributed by atoms with Crippen molar-refractivity contribution in [2.45, 2.75) is 44.7 Å². The lowest BCUT2D eigenvalue weighted by Gasteiger charge is -2.29. The number of imide groups is 1. The minimum absolute atomic E-state index is 0.184. The largest absolute Gasteiger partial charge is 0.335 e. The highest BCUT2D eigenvalue weighted by molar-refractivity contribution is 6.30. The first-order chi connectivity index (χ1) is 13.1. The van der Waals surface area contributed by atoms with Crippen LogP contribution in [0.3, 0.4) is 0 Å². The van der Waals surface area contributed by atoms with Gasteiger partial charge in [0.1, 0.15) is 32.7 Å². The number of amides is 3. The minimum Gasteiger partial charge on any atom is -0.335 e. The number of hydrogen-bond donors (Lipinski definition) is 4. The summed E-state index contributed by atoms with van der Waals surface area (Å²) >= 11 is 6.06. The van der Waals surface area contributed by atoms with E-state index in [0.717, 1.165) is 63.4 Å². The number of carbonyl (C=O) groups is 2. The second kappa shape index (κ2) is 10.1. The van der Waals surface area contributed by atoms with E-state index < -0.39 is 0 Å². The van der Waals surface area contributed by atoms with Crippen molar-refractivity contribution in [2.24, 2.45) is 0 Å². The number of benzene rings is 1. The van der Waals surface area contributed by atoms with Crippen molar-refractivity contribution in [2.75, 3.05) is 32.7 Å². The molecular formula is C20H31ClN4O2+2. The van der Waals surface area contributed by atoms with Crippen LogP contribution in [0.15, 0.2) is 24.3 Å². The van der Waals surface area contributed by atoms with E-state index in [9.17, 15) is 9.59 Å². The molecule has 6 nitrogen and oxygen atoms in total. The highest BCUT2D eigenvalue weighted by atomic mass is 35.5. The Morgan fingerprint density at radius 1 is 1.04 bits per heavy atom. The van der Waals surface area contributed by atoms with Gasteiger partial charge in [-0.05, 0) is 25.0 Å². The summed E-state index contributed by atoms with van der Waals surface area (Å²) in [6.07, 6.45) is 5.59. The average Bonchev–Trinajstić information content (AvgIpc) is 2.64. The lowest BCUT2D eigenvalue weighted by atomic mass is 9.96. The van der Waals surface area contributed by atoms with Gasteiger partial charge in [-0.2, -0.15) is 0 Å². The highest BCUT2D eigenvalue weighted by Crippen LogP contribution is 2.17. The lowest BCUT2D eigenvalue weighted by Crippen LogP contribution is -3.28. The standard InChI is InChI=1S/C20H29ClN4O2/c21-17-6-4-5-16(13-17)14-24-9-11-25(12-10-24)15-19(26)23-20(27)22-18-7-2-1-3-8-18/h4-6,13,18H,1-3,7-12,14-15H2,(H2,22,23,26,27)/p+2. The molecule has 1 aliphatic heterocycles. The number of carbonyl (C=O) groups excluding carboxylic acids is 2. The summed E-state index contributed by atoms with van der Waals surface area (Å²) in [6.45, 7) is 5.24. The van der Waals surface area contributed by atoms with E-state index >= 15 is 0 Å². The third-order valence-electron chi connectivity index (χ3n) is 5.61. The van der Waals surface area contributed by atoms with Crippen LogP contribution in [0.1, 0.15) is 37.7 Å². The van der Waals surface area contributed by atoms with Gasteiger partial charge in [0.15, 0.2) is 6.54 Å². The summed E-state index contributed by atoms with van der Waals surface area (Å²) in [6, 6.07) is 7.89. The first kappa shape index (κ1) is 20.1. The lowest BCUT2D eigenvalue weighted by molar-refractivity contribution is -1.02. The van der Waals surface area contributed by atoms with E-state index in [1.54, 1.807) is 0 Å². The molecule has 0 unspecified atom stereocenters. The molecule has 2 aliphatic rings. The quantitative estimate of drug-likeness (QED) is 0.558. The van der Waals surface area contributed by atoms with Gasteiger partial charge in [0.25, 0.3) is 5.91 Å². The summed E-state index contributed by atoms with van der Waals surface area (Å²) in [4.78, 5) is 26.9. The molecule has 2 fully saturated rings. The van der Waals surface area contributed by atoms with Gasteiger partial charge >= 0.3 is 6.03 Å². The van der Waals surface area contributed by atoms with E-state index in [4.69, 9.17) is 11.6 Å². The van der Waals surface area contributed by atoms with Crippen molar-refractivity contribution in [1.82, 2.24) is 10.6 Å². The number of halogens is 1. The molecule has 0 atom stereocenters. The van der Waals surface area contributed by atoms with Crippen molar-refractivity contribution in [3.05, 3.63) is 34.9 Å². The molecular weight excluding hydrogens is 364 g/mol. The zero-order valence-electron chi connectivity index (χ0n) is 15.9. The third kappa shape index (κ3) is 6.79. The molecule has 1 saturated heterocycles. The Bertz CT molecular complexity index is 641. The van der Waals surface area contributed by atoms with Crippen LogP contribution < -0.4 is 20.4 Å². The number of quaternary nitrogens is 2. The number of urea groups is 1. The zero-order valence-corrected chi connectivity index (χ0v) is 16.6. The summed E-state index contributed by atoms with van der Waals surface area (Å²) in [5, 5.41) is 6.21. The molecule has 1 aliphatic carbocycles. The Morgan fingerprint density at radius 3 is 2.44 bits per heavy atom. The molecule has 3 amide bonds. The number of nitrogens with one attached hydrogen (secondary N) is 4. The first-order valence-corrected chi connectivity index (χ1v) is 10.5. The Hall–Kier alpha value is -1.63. The summed E-state index contributed by atoms with van der Waals surface area (Å²) in [5.41, 5.74) is 1.25. The van der Waals surface area contributed by atoms with Crippen LogP contribution >= 0.6 is 11.6 Å². The minimum atomic E-state index is -0.337. The Labute approximate surface area is 166 Å². The summed E-state index contributed by atoms with van der Waals surface area (Å²) < 4.78 is 0. The second-order valence-corrected chi connectivity index (χ2v) is 8.28. The van der Waals surface area contributed by atoms with Crippen LogP contribution in [0.4, 0.5) is 4.79 Å². The topological polar surface area (TPSA) is 67.1 Å². The molecule has 1 aromatic carbocycles. The maximum absolute atomic E-state index is 12.2. The first-order valence-electron chi connectivity index (χ1n) is 10.1. The molecule has 7 heteroatoms. The number of piperazine rings is 1. The molecule has 148 valence electrons. The van der Waals surface area contributed by atoms with Crippen molar-refractivity contribution >= 4 is 23.5 Å². The highest BCUT2D eigenvalue weighted by Gasteiger charge is 2.26. The number of rotatable bonds is 5. The van der Waals surface area contributed by atoms with Crippen LogP contribution in [0.25, 0.3) is 0 Å². The van der Waals surface area contributed by atoms with Gasteiger partial charge in [-0.15, -0.1) is 0 Å². The van der Waals surface area contributed by atoms with Gasteiger partial charge in [-0.3, -0.25) is 10.1 Å². The van der Waals surface area contributed by atoms with Gasteiger partial charge in [0.2, 0.25) is 0 Å². The van der Waals surface area contributed by atoms with Crippen LogP contribution in [0.2, 0.25) is 5.02 Å². The van der Waals surface area contributed by atoms with Gasteiger partial charge in [-0.25, -0.2) is 4.79 Å². The van der Waals surface area contributed by atoms with E-state index in [2.05, 4.69) is 16.7 Å². The Kier molecular flexibility index (Phi) is 7.50. The van der Waals surface area contributed by atoms with Crippen LogP contribution in [-0.2, 0) is 11.3 Å². The summed E-state index contributed by atoms with van der Waals surface area (Å²) in [5.74, 6) is -0.184. The molecule has 4 N–H and O–H groups in total. The molecule has 0 aromatic heterocycles. The average molecular weight is 395 g/mol. The summed E-state index contributed by atoms with van der Waals surface area (Å²) in [7, 11) is 0. The molecule has 1 saturated carbocycles. The van der Waals surface area contributed by atoms with Crippen molar-refractivity contribution in [3.8, 4) is 0 Å². The second-order valence-electron chi connectivity index (χ2n) is 7.84. The maximum Gasteiger partial charge on any atom is 0.321 e. The van der Waals surface area contributed by atoms with Crippen LogP contribution in [-0.4, -0.2) is 50.7 Å². The van der Waals surface area contributed by atoms with Crippen LogP contribution in [0, 0.1) is 0 Å². The van der Waals surface area contributed by atoms with E-state index in [1.807, 2.05) is 18.2 Å².